The summed E-state index contributed by atoms with van der Waals surface area (Å²) in [5.41, 5.74) is 0. The molecule has 0 saturated carbocycles. The van der Waals surface area contributed by atoms with E-state index in [0.29, 0.717) is 19.1 Å². The van der Waals surface area contributed by atoms with Crippen LogP contribution in [0.4, 0.5) is 0 Å². The fourth-order valence-corrected chi connectivity index (χ4v) is 2.10. The summed E-state index contributed by atoms with van der Waals surface area (Å²) in [6.45, 7) is 4.04. The molecule has 0 fully saturated rings. The Kier molecular flexibility index (Phi) is 7.01. The number of rotatable bonds is 8. The molecule has 0 amide bonds. The van der Waals surface area contributed by atoms with Crippen LogP contribution in [0.1, 0.15) is 12.7 Å². The maximum absolute atomic E-state index is 5.83. The fourth-order valence-electron chi connectivity index (χ4n) is 2.10. The molecule has 1 aromatic carbocycles. The number of aliphatic imine (C=N–C) groups is 1. The van der Waals surface area contributed by atoms with E-state index >= 15 is 0 Å². The molecule has 0 aliphatic carbocycles. The SMILES string of the molecule is CN=C(NCc1ccco1)NCC(C)COc1ccccc1OC. The van der Waals surface area contributed by atoms with Crippen molar-refractivity contribution in [2.75, 3.05) is 27.3 Å². The van der Waals surface area contributed by atoms with Gasteiger partial charge in [-0.05, 0) is 24.3 Å². The highest BCUT2D eigenvalue weighted by molar-refractivity contribution is 5.79. The van der Waals surface area contributed by atoms with Crippen LogP contribution in [-0.4, -0.2) is 33.3 Å². The Hall–Kier alpha value is -2.63. The van der Waals surface area contributed by atoms with Crippen molar-refractivity contribution in [3.8, 4) is 11.5 Å². The summed E-state index contributed by atoms with van der Waals surface area (Å²) in [6.07, 6.45) is 1.66. The number of methoxy groups -OCH3 is 1. The molecule has 0 spiro atoms. The Bertz CT molecular complexity index is 626. The number of para-hydroxylation sites is 2. The molecule has 1 aromatic heterocycles. The minimum atomic E-state index is 0.303. The van der Waals surface area contributed by atoms with Crippen LogP contribution in [0.25, 0.3) is 0 Å². The topological polar surface area (TPSA) is 68.0 Å². The Labute approximate surface area is 142 Å². The number of nitrogens with zero attached hydrogens (tertiary/aromatic N) is 1. The molecule has 0 saturated heterocycles. The highest BCUT2D eigenvalue weighted by Gasteiger charge is 2.08. The van der Waals surface area contributed by atoms with E-state index in [1.54, 1.807) is 20.4 Å². The van der Waals surface area contributed by atoms with Crippen LogP contribution in [0, 0.1) is 5.92 Å². The molecule has 6 heteroatoms. The predicted octanol–water partition coefficient (Wildman–Crippen LogP) is 2.67. The lowest BCUT2D eigenvalue weighted by atomic mass is 10.2. The third kappa shape index (κ3) is 5.53. The second-order valence-electron chi connectivity index (χ2n) is 5.45. The molecule has 1 unspecified atom stereocenters. The molecule has 6 nitrogen and oxygen atoms in total. The van der Waals surface area contributed by atoms with Crippen LogP contribution < -0.4 is 20.1 Å². The molecule has 0 radical (unpaired) electrons. The summed E-state index contributed by atoms with van der Waals surface area (Å²) in [5.74, 6) is 3.40. The maximum Gasteiger partial charge on any atom is 0.191 e. The van der Waals surface area contributed by atoms with Gasteiger partial charge in [0.25, 0.3) is 0 Å². The number of furan rings is 1. The molecule has 24 heavy (non-hydrogen) atoms. The first kappa shape index (κ1) is 17.7. The highest BCUT2D eigenvalue weighted by Crippen LogP contribution is 2.26. The molecule has 1 heterocycles. The zero-order valence-corrected chi connectivity index (χ0v) is 14.4. The van der Waals surface area contributed by atoms with Crippen LogP contribution >= 0.6 is 0 Å². The van der Waals surface area contributed by atoms with E-state index < -0.39 is 0 Å². The highest BCUT2D eigenvalue weighted by atomic mass is 16.5. The Morgan fingerprint density at radius 3 is 2.62 bits per heavy atom. The largest absolute Gasteiger partial charge is 0.493 e. The van der Waals surface area contributed by atoms with E-state index in [0.717, 1.165) is 29.8 Å². The first-order valence-electron chi connectivity index (χ1n) is 7.95. The predicted molar refractivity (Wildman–Crippen MR) is 94.6 cm³/mol. The fraction of sp³-hybridized carbons (Fsp3) is 0.389. The third-order valence-corrected chi connectivity index (χ3v) is 3.44. The monoisotopic (exact) mass is 331 g/mol. The maximum atomic E-state index is 5.83. The summed E-state index contributed by atoms with van der Waals surface area (Å²) >= 11 is 0. The van der Waals surface area contributed by atoms with Gasteiger partial charge in [0.05, 0.1) is 26.5 Å². The second kappa shape index (κ2) is 9.50. The van der Waals surface area contributed by atoms with Gasteiger partial charge in [-0.3, -0.25) is 4.99 Å². The van der Waals surface area contributed by atoms with Crippen molar-refractivity contribution in [1.29, 1.82) is 0 Å². The van der Waals surface area contributed by atoms with E-state index in [1.165, 1.54) is 0 Å². The third-order valence-electron chi connectivity index (χ3n) is 3.44. The van der Waals surface area contributed by atoms with Crippen molar-refractivity contribution >= 4 is 5.96 Å². The number of hydrogen-bond donors (Lipinski definition) is 2. The van der Waals surface area contributed by atoms with Crippen LogP contribution in [0.5, 0.6) is 11.5 Å². The normalized spacial score (nSPS) is 12.5. The Balaban J connectivity index is 1.72. The van der Waals surface area contributed by atoms with E-state index in [9.17, 15) is 0 Å². The van der Waals surface area contributed by atoms with E-state index in [2.05, 4.69) is 22.5 Å². The van der Waals surface area contributed by atoms with Gasteiger partial charge in [0.15, 0.2) is 17.5 Å². The van der Waals surface area contributed by atoms with E-state index in [4.69, 9.17) is 13.9 Å². The molecule has 0 aliphatic rings. The van der Waals surface area contributed by atoms with Gasteiger partial charge < -0.3 is 24.5 Å². The lowest BCUT2D eigenvalue weighted by Crippen LogP contribution is -2.39. The molecule has 2 N–H and O–H groups in total. The minimum Gasteiger partial charge on any atom is -0.493 e. The van der Waals surface area contributed by atoms with Crippen molar-refractivity contribution in [3.05, 3.63) is 48.4 Å². The number of guanidine groups is 1. The summed E-state index contributed by atoms with van der Waals surface area (Å²) < 4.78 is 16.4. The second-order valence-corrected chi connectivity index (χ2v) is 5.45. The zero-order valence-electron chi connectivity index (χ0n) is 14.4. The van der Waals surface area contributed by atoms with Crippen LogP contribution in [0.2, 0.25) is 0 Å². The molecule has 0 bridgehead atoms. The lowest BCUT2D eigenvalue weighted by molar-refractivity contribution is 0.248. The average Bonchev–Trinajstić information content (AvgIpc) is 3.13. The molecule has 130 valence electrons. The molecule has 2 aromatic rings. The van der Waals surface area contributed by atoms with Gasteiger partial charge in [-0.2, -0.15) is 0 Å². The molecular weight excluding hydrogens is 306 g/mol. The minimum absolute atomic E-state index is 0.303. The summed E-state index contributed by atoms with van der Waals surface area (Å²) in [7, 11) is 3.38. The smallest absolute Gasteiger partial charge is 0.191 e. The number of benzene rings is 1. The Morgan fingerprint density at radius 2 is 1.96 bits per heavy atom. The van der Waals surface area contributed by atoms with Crippen molar-refractivity contribution < 1.29 is 13.9 Å². The van der Waals surface area contributed by atoms with Crippen molar-refractivity contribution in [3.63, 3.8) is 0 Å². The molecule has 0 aliphatic heterocycles. The van der Waals surface area contributed by atoms with Gasteiger partial charge in [0.1, 0.15) is 5.76 Å². The van der Waals surface area contributed by atoms with Gasteiger partial charge in [-0.25, -0.2) is 0 Å². The van der Waals surface area contributed by atoms with Gasteiger partial charge in [0, 0.05) is 19.5 Å². The van der Waals surface area contributed by atoms with Crippen molar-refractivity contribution in [1.82, 2.24) is 10.6 Å². The lowest BCUT2D eigenvalue weighted by Gasteiger charge is -2.17. The van der Waals surface area contributed by atoms with Gasteiger partial charge in [-0.1, -0.05) is 19.1 Å². The van der Waals surface area contributed by atoms with E-state index in [-0.39, 0.29) is 0 Å². The quantitative estimate of drug-likeness (QED) is 0.575. The Morgan fingerprint density at radius 1 is 1.17 bits per heavy atom. The molecular formula is C18H25N3O3. The van der Waals surface area contributed by atoms with Gasteiger partial charge >= 0.3 is 0 Å². The van der Waals surface area contributed by atoms with Crippen LogP contribution in [0.15, 0.2) is 52.1 Å². The van der Waals surface area contributed by atoms with Gasteiger partial charge in [0.2, 0.25) is 0 Å². The number of nitrogens with one attached hydrogen (secondary N) is 2. The summed E-state index contributed by atoms with van der Waals surface area (Å²) in [5, 5.41) is 6.49. The van der Waals surface area contributed by atoms with Gasteiger partial charge in [-0.15, -0.1) is 0 Å². The summed E-state index contributed by atoms with van der Waals surface area (Å²) in [6, 6.07) is 11.4. The summed E-state index contributed by atoms with van der Waals surface area (Å²) in [4.78, 5) is 4.20. The van der Waals surface area contributed by atoms with Crippen molar-refractivity contribution in [2.24, 2.45) is 10.9 Å². The first-order chi connectivity index (χ1) is 11.7. The molecule has 1 atom stereocenters. The van der Waals surface area contributed by atoms with E-state index in [1.807, 2.05) is 36.4 Å². The first-order valence-corrected chi connectivity index (χ1v) is 7.95. The molecule has 2 rings (SSSR count). The van der Waals surface area contributed by atoms with Crippen LogP contribution in [-0.2, 0) is 6.54 Å². The number of hydrogen-bond acceptors (Lipinski definition) is 4. The van der Waals surface area contributed by atoms with Crippen molar-refractivity contribution in [2.45, 2.75) is 13.5 Å². The number of ether oxygens (including phenoxy) is 2. The van der Waals surface area contributed by atoms with Crippen LogP contribution in [0.3, 0.4) is 0 Å². The average molecular weight is 331 g/mol. The zero-order chi connectivity index (χ0) is 17.2. The standard InChI is InChI=1S/C18H25N3O3/c1-14(13-24-17-9-5-4-8-16(17)22-3)11-20-18(19-2)21-12-15-7-6-10-23-15/h4-10,14H,11-13H2,1-3H3,(H2,19,20,21).